The number of urea groups is 1. The van der Waals surface area contributed by atoms with Crippen molar-refractivity contribution in [1.82, 2.24) is 14.6 Å². The van der Waals surface area contributed by atoms with Gasteiger partial charge in [0.1, 0.15) is 6.33 Å². The van der Waals surface area contributed by atoms with Crippen LogP contribution in [0.5, 0.6) is 0 Å². The summed E-state index contributed by atoms with van der Waals surface area (Å²) in [5, 5.41) is 13.2. The molecule has 2 heterocycles. The molecule has 6 heteroatoms. The lowest BCUT2D eigenvalue weighted by Crippen LogP contribution is -2.19. The third-order valence-electron chi connectivity index (χ3n) is 2.86. The van der Waals surface area contributed by atoms with Crippen LogP contribution in [0.2, 0.25) is 0 Å². The standard InChI is InChI=1S/C14H13N5O/c1-10-2-4-11(5-3-10)16-14(20)17-12-6-7-13-18-15-9-19(13)8-12/h2-9H,1H3,(H2,16,17,20). The fourth-order valence-corrected chi connectivity index (χ4v) is 1.83. The molecule has 0 saturated carbocycles. The summed E-state index contributed by atoms with van der Waals surface area (Å²) in [6.45, 7) is 2.00. The molecule has 0 aliphatic rings. The molecule has 3 aromatic rings. The molecule has 0 aliphatic heterocycles. The van der Waals surface area contributed by atoms with Crippen molar-refractivity contribution < 1.29 is 4.79 Å². The maximum absolute atomic E-state index is 11.9. The lowest BCUT2D eigenvalue weighted by molar-refractivity contribution is 0.262. The van der Waals surface area contributed by atoms with Crippen molar-refractivity contribution in [2.24, 2.45) is 0 Å². The minimum absolute atomic E-state index is 0.290. The van der Waals surface area contributed by atoms with E-state index in [0.717, 1.165) is 16.9 Å². The molecule has 2 N–H and O–H groups in total. The second-order valence-corrected chi connectivity index (χ2v) is 4.46. The number of aromatic nitrogens is 3. The summed E-state index contributed by atoms with van der Waals surface area (Å²) in [7, 11) is 0. The number of nitrogens with one attached hydrogen (secondary N) is 2. The van der Waals surface area contributed by atoms with Crippen molar-refractivity contribution in [1.29, 1.82) is 0 Å². The lowest BCUT2D eigenvalue weighted by Gasteiger charge is -2.08. The Labute approximate surface area is 115 Å². The molecule has 0 saturated heterocycles. The van der Waals surface area contributed by atoms with Crippen LogP contribution in [0.15, 0.2) is 48.9 Å². The molecule has 2 amide bonds. The molecule has 0 atom stereocenters. The first kappa shape index (κ1) is 12.2. The highest BCUT2D eigenvalue weighted by Gasteiger charge is 2.03. The SMILES string of the molecule is Cc1ccc(NC(=O)Nc2ccc3nncn3c2)cc1. The highest BCUT2D eigenvalue weighted by atomic mass is 16.2. The number of fused-ring (bicyclic) bond motifs is 1. The summed E-state index contributed by atoms with van der Waals surface area (Å²) >= 11 is 0. The zero-order valence-corrected chi connectivity index (χ0v) is 10.9. The van der Waals surface area contributed by atoms with E-state index in [2.05, 4.69) is 20.8 Å². The third-order valence-corrected chi connectivity index (χ3v) is 2.86. The van der Waals surface area contributed by atoms with Gasteiger partial charge in [0.2, 0.25) is 0 Å². The summed E-state index contributed by atoms with van der Waals surface area (Å²) < 4.78 is 1.74. The van der Waals surface area contributed by atoms with Crippen LogP contribution in [-0.4, -0.2) is 20.6 Å². The van der Waals surface area contributed by atoms with Gasteiger partial charge in [0, 0.05) is 11.9 Å². The molecular weight excluding hydrogens is 254 g/mol. The van der Waals surface area contributed by atoms with Crippen LogP contribution >= 0.6 is 0 Å². The van der Waals surface area contributed by atoms with E-state index in [1.165, 1.54) is 0 Å². The van der Waals surface area contributed by atoms with E-state index in [4.69, 9.17) is 0 Å². The molecule has 1 aromatic carbocycles. The number of benzene rings is 1. The Balaban J connectivity index is 1.70. The fraction of sp³-hybridized carbons (Fsp3) is 0.0714. The Morgan fingerprint density at radius 3 is 2.55 bits per heavy atom. The Morgan fingerprint density at radius 2 is 1.75 bits per heavy atom. The van der Waals surface area contributed by atoms with E-state index < -0.39 is 0 Å². The van der Waals surface area contributed by atoms with Gasteiger partial charge in [-0.15, -0.1) is 10.2 Å². The molecule has 100 valence electrons. The number of pyridine rings is 1. The summed E-state index contributed by atoms with van der Waals surface area (Å²) in [5.74, 6) is 0. The second kappa shape index (κ2) is 5.00. The zero-order chi connectivity index (χ0) is 13.9. The topological polar surface area (TPSA) is 71.3 Å². The summed E-state index contributed by atoms with van der Waals surface area (Å²) in [6, 6.07) is 10.9. The van der Waals surface area contributed by atoms with E-state index in [1.807, 2.05) is 31.2 Å². The summed E-state index contributed by atoms with van der Waals surface area (Å²) in [5.41, 5.74) is 3.30. The van der Waals surface area contributed by atoms with Crippen LogP contribution in [0.1, 0.15) is 5.56 Å². The number of carbonyl (C=O) groups excluding carboxylic acids is 1. The van der Waals surface area contributed by atoms with E-state index >= 15 is 0 Å². The Bertz CT molecular complexity index is 748. The van der Waals surface area contributed by atoms with Crippen LogP contribution < -0.4 is 10.6 Å². The third kappa shape index (κ3) is 2.59. The predicted molar refractivity (Wildman–Crippen MR) is 76.8 cm³/mol. The average Bonchev–Trinajstić information content (AvgIpc) is 2.89. The van der Waals surface area contributed by atoms with Gasteiger partial charge in [0.25, 0.3) is 0 Å². The first-order valence-electron chi connectivity index (χ1n) is 6.15. The van der Waals surface area contributed by atoms with Crippen LogP contribution in [0.25, 0.3) is 5.65 Å². The van der Waals surface area contributed by atoms with Crippen LogP contribution in [-0.2, 0) is 0 Å². The fourth-order valence-electron chi connectivity index (χ4n) is 1.83. The van der Waals surface area contributed by atoms with Crippen LogP contribution in [0.4, 0.5) is 16.2 Å². The van der Waals surface area contributed by atoms with Gasteiger partial charge in [-0.1, -0.05) is 17.7 Å². The Kier molecular flexibility index (Phi) is 3.04. The molecule has 0 radical (unpaired) electrons. The number of rotatable bonds is 2. The van der Waals surface area contributed by atoms with Crippen LogP contribution in [0, 0.1) is 6.92 Å². The molecule has 0 bridgehead atoms. The Morgan fingerprint density at radius 1 is 1.05 bits per heavy atom. The maximum atomic E-state index is 11.9. The van der Waals surface area contributed by atoms with E-state index in [-0.39, 0.29) is 6.03 Å². The van der Waals surface area contributed by atoms with Crippen molar-refractivity contribution >= 4 is 23.1 Å². The average molecular weight is 267 g/mol. The van der Waals surface area contributed by atoms with Gasteiger partial charge < -0.3 is 10.6 Å². The molecule has 0 unspecified atom stereocenters. The smallest absolute Gasteiger partial charge is 0.308 e. The van der Waals surface area contributed by atoms with Crippen LogP contribution in [0.3, 0.4) is 0 Å². The largest absolute Gasteiger partial charge is 0.323 e. The molecule has 20 heavy (non-hydrogen) atoms. The van der Waals surface area contributed by atoms with Crippen molar-refractivity contribution in [2.75, 3.05) is 10.6 Å². The quantitative estimate of drug-likeness (QED) is 0.749. The minimum atomic E-state index is -0.290. The molecule has 6 nitrogen and oxygen atoms in total. The van der Waals surface area contributed by atoms with Gasteiger partial charge in [-0.2, -0.15) is 0 Å². The predicted octanol–water partition coefficient (Wildman–Crippen LogP) is 2.68. The summed E-state index contributed by atoms with van der Waals surface area (Å²) in [4.78, 5) is 11.9. The van der Waals surface area contributed by atoms with Gasteiger partial charge in [-0.3, -0.25) is 4.40 Å². The number of carbonyl (C=O) groups is 1. The van der Waals surface area contributed by atoms with Crippen molar-refractivity contribution in [3.63, 3.8) is 0 Å². The van der Waals surface area contributed by atoms with Gasteiger partial charge in [0.05, 0.1) is 5.69 Å². The Hall–Kier alpha value is -2.89. The van der Waals surface area contributed by atoms with Crippen molar-refractivity contribution in [3.05, 3.63) is 54.5 Å². The molecular formula is C14H13N5O. The normalized spacial score (nSPS) is 10.4. The molecule has 3 rings (SSSR count). The first-order chi connectivity index (χ1) is 9.70. The number of aryl methyl sites for hydroxylation is 1. The summed E-state index contributed by atoms with van der Waals surface area (Å²) in [6.07, 6.45) is 3.34. The van der Waals surface area contributed by atoms with Gasteiger partial charge in [-0.05, 0) is 31.2 Å². The monoisotopic (exact) mass is 267 g/mol. The second-order valence-electron chi connectivity index (χ2n) is 4.46. The number of amides is 2. The van der Waals surface area contributed by atoms with Crippen molar-refractivity contribution in [2.45, 2.75) is 6.92 Å². The van der Waals surface area contributed by atoms with E-state index in [9.17, 15) is 4.79 Å². The molecule has 0 fully saturated rings. The minimum Gasteiger partial charge on any atom is -0.308 e. The number of hydrogen-bond acceptors (Lipinski definition) is 3. The van der Waals surface area contributed by atoms with Gasteiger partial charge >= 0.3 is 6.03 Å². The van der Waals surface area contributed by atoms with E-state index in [1.54, 1.807) is 29.1 Å². The number of hydrogen-bond donors (Lipinski definition) is 2. The number of anilines is 2. The van der Waals surface area contributed by atoms with Gasteiger partial charge in [-0.25, -0.2) is 4.79 Å². The van der Waals surface area contributed by atoms with E-state index in [0.29, 0.717) is 5.69 Å². The maximum Gasteiger partial charge on any atom is 0.323 e. The van der Waals surface area contributed by atoms with Gasteiger partial charge in [0.15, 0.2) is 5.65 Å². The molecule has 2 aromatic heterocycles. The number of nitrogens with zero attached hydrogens (tertiary/aromatic N) is 3. The first-order valence-corrected chi connectivity index (χ1v) is 6.15. The highest BCUT2D eigenvalue weighted by molar-refractivity contribution is 5.99. The lowest BCUT2D eigenvalue weighted by atomic mass is 10.2. The molecule has 0 spiro atoms. The zero-order valence-electron chi connectivity index (χ0n) is 10.9. The van der Waals surface area contributed by atoms with Crippen molar-refractivity contribution in [3.8, 4) is 0 Å². The highest BCUT2D eigenvalue weighted by Crippen LogP contribution is 2.11. The molecule has 0 aliphatic carbocycles.